The van der Waals surface area contributed by atoms with Crippen LogP contribution in [0.5, 0.6) is 0 Å². The lowest BCUT2D eigenvalue weighted by Gasteiger charge is -2.25. The molecule has 124 valence electrons. The van der Waals surface area contributed by atoms with Gasteiger partial charge in [0, 0.05) is 23.7 Å². The molecular formula is C19H22N4O. The average Bonchev–Trinajstić information content (AvgIpc) is 3.33. The number of carbonyl (C=O) groups is 1. The Morgan fingerprint density at radius 2 is 2.04 bits per heavy atom. The molecule has 0 radical (unpaired) electrons. The predicted molar refractivity (Wildman–Crippen MR) is 92.6 cm³/mol. The highest BCUT2D eigenvalue weighted by Gasteiger charge is 2.35. The molecule has 0 atom stereocenters. The maximum Gasteiger partial charge on any atom is 0.272 e. The van der Waals surface area contributed by atoms with Crippen molar-refractivity contribution >= 4 is 5.91 Å². The first-order chi connectivity index (χ1) is 11.6. The van der Waals surface area contributed by atoms with Crippen molar-refractivity contribution < 1.29 is 4.79 Å². The molecule has 1 heterocycles. The number of carbonyl (C=O) groups excluding carboxylic acids is 1. The minimum absolute atomic E-state index is 0.0156. The fraction of sp³-hybridized carbons (Fsp3) is 0.421. The number of hydrogen-bond donors (Lipinski definition) is 1. The fourth-order valence-corrected chi connectivity index (χ4v) is 3.09. The zero-order valence-electron chi connectivity index (χ0n) is 14.3. The summed E-state index contributed by atoms with van der Waals surface area (Å²) in [5, 5.41) is 16.4. The third-order valence-electron chi connectivity index (χ3n) is 4.52. The SMILES string of the molecule is CCN(C(=O)c1[nH]nc(-c2ccc(C#N)cc2)c1C1CC1)C(C)C. The predicted octanol–water partition coefficient (Wildman–Crippen LogP) is 3.70. The first-order valence-electron chi connectivity index (χ1n) is 8.46. The van der Waals surface area contributed by atoms with Crippen LogP contribution in [0.25, 0.3) is 11.3 Å². The van der Waals surface area contributed by atoms with E-state index in [4.69, 9.17) is 5.26 Å². The lowest BCUT2D eigenvalue weighted by Crippen LogP contribution is -2.37. The topological polar surface area (TPSA) is 72.8 Å². The Balaban J connectivity index is 2.02. The van der Waals surface area contributed by atoms with Gasteiger partial charge in [0.2, 0.25) is 0 Å². The molecule has 1 N–H and O–H groups in total. The molecule has 1 amide bonds. The van der Waals surface area contributed by atoms with E-state index in [1.54, 1.807) is 12.1 Å². The van der Waals surface area contributed by atoms with Gasteiger partial charge < -0.3 is 4.90 Å². The molecule has 1 aromatic heterocycles. The lowest BCUT2D eigenvalue weighted by molar-refractivity contribution is 0.0709. The van der Waals surface area contributed by atoms with E-state index >= 15 is 0 Å². The summed E-state index contributed by atoms with van der Waals surface area (Å²) in [7, 11) is 0. The normalized spacial score (nSPS) is 13.8. The summed E-state index contributed by atoms with van der Waals surface area (Å²) < 4.78 is 0. The number of hydrogen-bond acceptors (Lipinski definition) is 3. The van der Waals surface area contributed by atoms with E-state index in [0.717, 1.165) is 29.7 Å². The van der Waals surface area contributed by atoms with Gasteiger partial charge in [-0.3, -0.25) is 9.89 Å². The third-order valence-corrected chi connectivity index (χ3v) is 4.52. The van der Waals surface area contributed by atoms with Crippen LogP contribution in [0.2, 0.25) is 0 Å². The minimum atomic E-state index is 0.0156. The minimum Gasteiger partial charge on any atom is -0.335 e. The zero-order chi connectivity index (χ0) is 17.3. The quantitative estimate of drug-likeness (QED) is 0.912. The Labute approximate surface area is 142 Å². The molecule has 24 heavy (non-hydrogen) atoms. The summed E-state index contributed by atoms with van der Waals surface area (Å²) in [5.74, 6) is 0.418. The van der Waals surface area contributed by atoms with Crippen LogP contribution in [0.15, 0.2) is 24.3 Å². The smallest absolute Gasteiger partial charge is 0.272 e. The molecule has 0 spiro atoms. The maximum atomic E-state index is 12.9. The van der Waals surface area contributed by atoms with Gasteiger partial charge >= 0.3 is 0 Å². The van der Waals surface area contributed by atoms with Gasteiger partial charge in [-0.2, -0.15) is 10.4 Å². The molecule has 1 aliphatic carbocycles. The van der Waals surface area contributed by atoms with Crippen molar-refractivity contribution in [2.24, 2.45) is 0 Å². The van der Waals surface area contributed by atoms with Gasteiger partial charge in [-0.15, -0.1) is 0 Å². The van der Waals surface area contributed by atoms with E-state index in [0.29, 0.717) is 23.7 Å². The molecule has 0 saturated heterocycles. The molecule has 3 rings (SSSR count). The van der Waals surface area contributed by atoms with Crippen LogP contribution >= 0.6 is 0 Å². The summed E-state index contributed by atoms with van der Waals surface area (Å²) >= 11 is 0. The molecule has 1 aliphatic rings. The van der Waals surface area contributed by atoms with Crippen molar-refractivity contribution in [3.05, 3.63) is 41.1 Å². The second-order valence-corrected chi connectivity index (χ2v) is 6.51. The summed E-state index contributed by atoms with van der Waals surface area (Å²) in [5.41, 5.74) is 4.05. The third kappa shape index (κ3) is 2.92. The molecule has 0 bridgehead atoms. The summed E-state index contributed by atoms with van der Waals surface area (Å²) in [4.78, 5) is 14.8. The van der Waals surface area contributed by atoms with Crippen molar-refractivity contribution in [1.29, 1.82) is 5.26 Å². The van der Waals surface area contributed by atoms with E-state index in [1.165, 1.54) is 0 Å². The first kappa shape index (κ1) is 16.3. The second-order valence-electron chi connectivity index (χ2n) is 6.51. The van der Waals surface area contributed by atoms with Gasteiger partial charge in [0.05, 0.1) is 17.3 Å². The molecule has 0 aliphatic heterocycles. The number of benzene rings is 1. The lowest BCUT2D eigenvalue weighted by atomic mass is 10.0. The number of nitrogens with zero attached hydrogens (tertiary/aromatic N) is 3. The highest BCUT2D eigenvalue weighted by molar-refractivity contribution is 5.96. The van der Waals surface area contributed by atoms with Gasteiger partial charge in [0.1, 0.15) is 5.69 Å². The molecule has 5 heteroatoms. The van der Waals surface area contributed by atoms with Crippen LogP contribution in [-0.4, -0.2) is 33.6 Å². The van der Waals surface area contributed by atoms with Crippen molar-refractivity contribution in [2.45, 2.75) is 45.6 Å². The van der Waals surface area contributed by atoms with E-state index < -0.39 is 0 Å². The van der Waals surface area contributed by atoms with E-state index in [1.807, 2.05) is 37.8 Å². The van der Waals surface area contributed by atoms with E-state index in [2.05, 4.69) is 16.3 Å². The number of nitrogens with one attached hydrogen (secondary N) is 1. The van der Waals surface area contributed by atoms with Gasteiger partial charge in [-0.1, -0.05) is 12.1 Å². The van der Waals surface area contributed by atoms with Crippen LogP contribution in [-0.2, 0) is 0 Å². The Morgan fingerprint density at radius 3 is 2.54 bits per heavy atom. The largest absolute Gasteiger partial charge is 0.335 e. The number of rotatable bonds is 5. The Hall–Kier alpha value is -2.61. The Bertz CT molecular complexity index is 779. The van der Waals surface area contributed by atoms with Crippen LogP contribution in [0, 0.1) is 11.3 Å². The van der Waals surface area contributed by atoms with E-state index in [-0.39, 0.29) is 11.9 Å². The summed E-state index contributed by atoms with van der Waals surface area (Å²) in [6, 6.07) is 9.64. The van der Waals surface area contributed by atoms with Crippen LogP contribution in [0.4, 0.5) is 0 Å². The van der Waals surface area contributed by atoms with Crippen LogP contribution < -0.4 is 0 Å². The zero-order valence-corrected chi connectivity index (χ0v) is 14.3. The summed E-state index contributed by atoms with van der Waals surface area (Å²) in [6.45, 7) is 6.71. The second kappa shape index (κ2) is 6.48. The maximum absolute atomic E-state index is 12.9. The number of H-pyrrole nitrogens is 1. The number of aromatic nitrogens is 2. The Kier molecular flexibility index (Phi) is 4.39. The van der Waals surface area contributed by atoms with Gasteiger partial charge in [0.15, 0.2) is 0 Å². The number of nitriles is 1. The standard InChI is InChI=1S/C19H22N4O/c1-4-23(12(2)3)19(24)18-16(14-9-10-14)17(21-22-18)15-7-5-13(11-20)6-8-15/h5-8,12,14H,4,9-10H2,1-3H3,(H,21,22). The number of aromatic amines is 1. The van der Waals surface area contributed by atoms with Crippen molar-refractivity contribution in [2.75, 3.05) is 6.54 Å². The first-order valence-corrected chi connectivity index (χ1v) is 8.46. The monoisotopic (exact) mass is 322 g/mol. The molecule has 0 unspecified atom stereocenters. The van der Waals surface area contributed by atoms with Gasteiger partial charge in [-0.25, -0.2) is 0 Å². The highest BCUT2D eigenvalue weighted by atomic mass is 16.2. The average molecular weight is 322 g/mol. The highest BCUT2D eigenvalue weighted by Crippen LogP contribution is 2.45. The van der Waals surface area contributed by atoms with Gasteiger partial charge in [-0.05, 0) is 51.7 Å². The Morgan fingerprint density at radius 1 is 1.38 bits per heavy atom. The molecule has 2 aromatic rings. The van der Waals surface area contributed by atoms with Crippen LogP contribution in [0.1, 0.15) is 61.1 Å². The van der Waals surface area contributed by atoms with E-state index in [9.17, 15) is 4.79 Å². The molecule has 1 fully saturated rings. The summed E-state index contributed by atoms with van der Waals surface area (Å²) in [6.07, 6.45) is 2.19. The number of amides is 1. The molecule has 5 nitrogen and oxygen atoms in total. The van der Waals surface area contributed by atoms with Crippen LogP contribution in [0.3, 0.4) is 0 Å². The van der Waals surface area contributed by atoms with Crippen molar-refractivity contribution in [3.8, 4) is 17.3 Å². The molecular weight excluding hydrogens is 300 g/mol. The van der Waals surface area contributed by atoms with Crippen molar-refractivity contribution in [3.63, 3.8) is 0 Å². The van der Waals surface area contributed by atoms with Gasteiger partial charge in [0.25, 0.3) is 5.91 Å². The molecule has 1 saturated carbocycles. The fourth-order valence-electron chi connectivity index (χ4n) is 3.09. The molecule has 1 aromatic carbocycles. The van der Waals surface area contributed by atoms with Crippen molar-refractivity contribution in [1.82, 2.24) is 15.1 Å².